The molecule has 19 heavy (non-hydrogen) atoms. The molecule has 0 aliphatic heterocycles. The molecule has 94 valence electrons. The first-order valence-electron chi connectivity index (χ1n) is 6.00. The van der Waals surface area contributed by atoms with E-state index in [0.29, 0.717) is 0 Å². The van der Waals surface area contributed by atoms with Gasteiger partial charge in [-0.25, -0.2) is 0 Å². The number of hydrogen-bond acceptors (Lipinski definition) is 1. The third-order valence-electron chi connectivity index (χ3n) is 2.90. The number of halogens is 1. The topological polar surface area (TPSA) is 0 Å². The second-order valence-electron chi connectivity index (χ2n) is 4.20. The van der Waals surface area contributed by atoms with Gasteiger partial charge in [-0.3, -0.25) is 0 Å². The molecule has 0 amide bonds. The maximum Gasteiger partial charge on any atom is 0.280 e. The van der Waals surface area contributed by atoms with E-state index >= 15 is 0 Å². The largest absolute Gasteiger partial charge is 0.280 e. The minimum atomic E-state index is 1.03. The van der Waals surface area contributed by atoms with E-state index in [-0.39, 0.29) is 0 Å². The van der Waals surface area contributed by atoms with Gasteiger partial charge in [0.05, 0.1) is 4.90 Å². The normalized spacial score (nSPS) is 10.8. The monoisotopic (exact) mass is 395 g/mol. The number of hydrogen-bond donors (Lipinski definition) is 0. The number of thioether (sulfide) groups is 1. The highest BCUT2D eigenvalue weighted by molar-refractivity contribution is 14.1. The Morgan fingerprint density at radius 3 is 2.53 bits per heavy atom. The number of fused-ring (bicyclic) bond motifs is 1. The highest BCUT2D eigenvalue weighted by Crippen LogP contribution is 2.36. The van der Waals surface area contributed by atoms with E-state index in [2.05, 4.69) is 82.6 Å². The van der Waals surface area contributed by atoms with Crippen LogP contribution >= 0.6 is 45.7 Å². The summed E-state index contributed by atoms with van der Waals surface area (Å²) in [5.74, 6) is 1.03. The van der Waals surface area contributed by atoms with Crippen molar-refractivity contribution < 1.29 is 0 Å². The van der Waals surface area contributed by atoms with E-state index in [1.165, 1.54) is 24.1 Å². The fourth-order valence-electron chi connectivity index (χ4n) is 1.95. The van der Waals surface area contributed by atoms with Gasteiger partial charge in [0.25, 0.3) is 2.88 Å². The molecule has 1 aromatic heterocycles. The molecule has 0 aliphatic rings. The first-order valence-corrected chi connectivity index (χ1v) is 8.95. The maximum absolute atomic E-state index is 2.45. The second kappa shape index (κ2) is 6.20. The lowest BCUT2D eigenvalue weighted by Crippen LogP contribution is -1.83. The second-order valence-corrected chi connectivity index (χ2v) is 7.88. The summed E-state index contributed by atoms with van der Waals surface area (Å²) >= 11 is 6.21. The molecule has 0 fully saturated rings. The minimum absolute atomic E-state index is 1.03. The summed E-state index contributed by atoms with van der Waals surface area (Å²) in [6, 6.07) is 19.3. The molecule has 1 heterocycles. The first kappa shape index (κ1) is 13.3. The Morgan fingerprint density at radius 1 is 0.947 bits per heavy atom. The van der Waals surface area contributed by atoms with Gasteiger partial charge in [-0.2, -0.15) is 0 Å². The summed E-state index contributed by atoms with van der Waals surface area (Å²) in [6.07, 6.45) is 0. The van der Waals surface area contributed by atoms with Crippen molar-refractivity contribution in [2.75, 3.05) is 0 Å². The van der Waals surface area contributed by atoms with Gasteiger partial charge in [-0.1, -0.05) is 48.5 Å². The Kier molecular flexibility index (Phi) is 4.35. The molecule has 3 rings (SSSR count). The highest BCUT2D eigenvalue weighted by atomic mass is 127. The molecule has 0 saturated heterocycles. The Labute approximate surface area is 135 Å². The molecular weight excluding hydrogens is 383 g/mol. The minimum Gasteiger partial charge on any atom is -0.114 e. The van der Waals surface area contributed by atoms with Gasteiger partial charge in [0.1, 0.15) is 0 Å². The van der Waals surface area contributed by atoms with E-state index in [4.69, 9.17) is 0 Å². The quantitative estimate of drug-likeness (QED) is 0.294. The van der Waals surface area contributed by atoms with Crippen LogP contribution in [-0.4, -0.2) is 0 Å². The summed E-state index contributed by atoms with van der Waals surface area (Å²) in [7, 11) is 0. The predicted octanol–water partition coefficient (Wildman–Crippen LogP) is 6.08. The van der Waals surface area contributed by atoms with Crippen LogP contribution in [0.25, 0.3) is 10.8 Å². The molecule has 0 N–H and O–H groups in total. The van der Waals surface area contributed by atoms with Crippen molar-refractivity contribution in [2.24, 2.45) is 0 Å². The van der Waals surface area contributed by atoms with E-state index < -0.39 is 0 Å². The molecule has 0 spiro atoms. The van der Waals surface area contributed by atoms with Gasteiger partial charge in [0.2, 0.25) is 16.7 Å². The van der Waals surface area contributed by atoms with Crippen LogP contribution < -0.4 is 0 Å². The number of rotatable bonds is 3. The smallest absolute Gasteiger partial charge is 0.114 e. The summed E-state index contributed by atoms with van der Waals surface area (Å²) in [6.45, 7) is 0. The lowest BCUT2D eigenvalue weighted by atomic mass is 10.2. The molecule has 0 nitrogen and oxygen atoms in total. The zero-order chi connectivity index (χ0) is 13.1. The van der Waals surface area contributed by atoms with Crippen LogP contribution in [0.2, 0.25) is 0 Å². The average molecular weight is 395 g/mol. The van der Waals surface area contributed by atoms with Gasteiger partial charge in [0, 0.05) is 39.1 Å². The van der Waals surface area contributed by atoms with E-state index in [1.54, 1.807) is 0 Å². The zero-order valence-electron chi connectivity index (χ0n) is 10.2. The van der Waals surface area contributed by atoms with Crippen molar-refractivity contribution >= 4 is 56.5 Å². The summed E-state index contributed by atoms with van der Waals surface area (Å²) in [5, 5.41) is 4.94. The third-order valence-corrected chi connectivity index (χ3v) is 6.67. The molecule has 0 saturated carbocycles. The maximum atomic E-state index is 2.45. The summed E-state index contributed by atoms with van der Waals surface area (Å²) in [5.41, 5.74) is 1.38. The molecule has 3 heteroatoms. The van der Waals surface area contributed by atoms with Crippen LogP contribution in [0.3, 0.4) is 0 Å². The third kappa shape index (κ3) is 3.09. The van der Waals surface area contributed by atoms with E-state index in [1.807, 2.05) is 23.1 Å². The van der Waals surface area contributed by atoms with E-state index in [9.17, 15) is 0 Å². The fraction of sp³-hybridized carbons (Fsp3) is 0.0625. The Hall–Kier alpha value is -0.650. The lowest BCUT2D eigenvalue weighted by Gasteiger charge is -2.03. The van der Waals surface area contributed by atoms with Crippen LogP contribution in [0.5, 0.6) is 0 Å². The average Bonchev–Trinajstić information content (AvgIpc) is 2.47. The standard InChI is InChI=1S/C16H12IS2/c17-16-15(18-10-12-6-2-1-3-7-12)14-9-5-4-8-13(14)11-19-16/h1-9,11H,10H2/q+1. The van der Waals surface area contributed by atoms with Crippen LogP contribution in [0.15, 0.2) is 64.9 Å². The molecule has 2 aromatic carbocycles. The molecule has 3 aromatic rings. The van der Waals surface area contributed by atoms with Crippen molar-refractivity contribution in [3.63, 3.8) is 0 Å². The lowest BCUT2D eigenvalue weighted by molar-refractivity contribution is 1.40. The summed E-state index contributed by atoms with van der Waals surface area (Å²) in [4.78, 5) is 1.41. The van der Waals surface area contributed by atoms with Gasteiger partial charge in [0.15, 0.2) is 0 Å². The van der Waals surface area contributed by atoms with E-state index in [0.717, 1.165) is 5.75 Å². The molecule has 0 unspecified atom stereocenters. The van der Waals surface area contributed by atoms with Crippen LogP contribution in [0.1, 0.15) is 5.56 Å². The zero-order valence-corrected chi connectivity index (χ0v) is 14.0. The Bertz CT molecular complexity index is 695. The predicted molar refractivity (Wildman–Crippen MR) is 95.0 cm³/mol. The Morgan fingerprint density at radius 2 is 1.68 bits per heavy atom. The van der Waals surface area contributed by atoms with Crippen molar-refractivity contribution in [1.29, 1.82) is 0 Å². The molecule has 0 radical (unpaired) electrons. The SMILES string of the molecule is Ic1[s+]cc2ccccc2c1SCc1ccccc1. The number of benzene rings is 2. The van der Waals surface area contributed by atoms with Crippen molar-refractivity contribution in [1.82, 2.24) is 0 Å². The molecule has 0 aliphatic carbocycles. The van der Waals surface area contributed by atoms with Gasteiger partial charge >= 0.3 is 0 Å². The molecule has 0 atom stereocenters. The van der Waals surface area contributed by atoms with Gasteiger partial charge < -0.3 is 0 Å². The van der Waals surface area contributed by atoms with Crippen molar-refractivity contribution in [2.45, 2.75) is 10.6 Å². The fourth-order valence-corrected chi connectivity index (χ4v) is 5.02. The van der Waals surface area contributed by atoms with Crippen molar-refractivity contribution in [3.05, 3.63) is 68.4 Å². The highest BCUT2D eigenvalue weighted by Gasteiger charge is 2.15. The van der Waals surface area contributed by atoms with Crippen LogP contribution in [-0.2, 0) is 5.75 Å². The molecule has 0 bridgehead atoms. The van der Waals surface area contributed by atoms with Crippen LogP contribution in [0.4, 0.5) is 0 Å². The summed E-state index contributed by atoms with van der Waals surface area (Å²) < 4.78 is 1.37. The van der Waals surface area contributed by atoms with Crippen molar-refractivity contribution in [3.8, 4) is 0 Å². The van der Waals surface area contributed by atoms with Gasteiger partial charge in [-0.15, -0.1) is 11.8 Å². The van der Waals surface area contributed by atoms with Crippen LogP contribution in [0, 0.1) is 2.88 Å². The first-order chi connectivity index (χ1) is 9.34. The molecular formula is C16H12IS2+. The Balaban J connectivity index is 1.94. The van der Waals surface area contributed by atoms with Gasteiger partial charge in [-0.05, 0) is 11.6 Å².